The Labute approximate surface area is 129 Å². The molecule has 1 aromatic heterocycles. The van der Waals surface area contributed by atoms with Crippen molar-refractivity contribution >= 4 is 38.9 Å². The molecule has 1 aromatic carbocycles. The Kier molecular flexibility index (Phi) is 4.77. The number of halogens is 2. The van der Waals surface area contributed by atoms with E-state index in [1.165, 1.54) is 12.1 Å². The summed E-state index contributed by atoms with van der Waals surface area (Å²) in [5.74, 6) is -0.820. The van der Waals surface area contributed by atoms with Crippen LogP contribution in [0.25, 0.3) is 0 Å². The van der Waals surface area contributed by atoms with E-state index in [0.717, 1.165) is 8.66 Å². The third-order valence-electron chi connectivity index (χ3n) is 2.93. The monoisotopic (exact) mass is 356 g/mol. The minimum atomic E-state index is -0.564. The summed E-state index contributed by atoms with van der Waals surface area (Å²) in [6.45, 7) is 2.90. The van der Waals surface area contributed by atoms with Gasteiger partial charge in [0.15, 0.2) is 0 Å². The molecule has 0 aliphatic heterocycles. The minimum Gasteiger partial charge on any atom is -0.396 e. The van der Waals surface area contributed by atoms with Crippen molar-refractivity contribution in [3.05, 3.63) is 50.4 Å². The van der Waals surface area contributed by atoms with Crippen molar-refractivity contribution in [2.45, 2.75) is 13.5 Å². The molecule has 2 N–H and O–H groups in total. The Morgan fingerprint density at radius 3 is 2.75 bits per heavy atom. The number of nitrogens with zero attached hydrogens (tertiary/aromatic N) is 1. The van der Waals surface area contributed by atoms with Crippen molar-refractivity contribution in [2.75, 3.05) is 12.3 Å². The average Bonchev–Trinajstić information content (AvgIpc) is 2.84. The number of nitrogen functional groups attached to an aromatic ring is 1. The number of amides is 1. The van der Waals surface area contributed by atoms with Gasteiger partial charge < -0.3 is 10.6 Å². The highest BCUT2D eigenvalue weighted by Crippen LogP contribution is 2.24. The zero-order chi connectivity index (χ0) is 14.7. The lowest BCUT2D eigenvalue weighted by atomic mass is 10.1. The van der Waals surface area contributed by atoms with Gasteiger partial charge in [-0.1, -0.05) is 6.07 Å². The molecule has 3 nitrogen and oxygen atoms in total. The smallest absolute Gasteiger partial charge is 0.256 e. The van der Waals surface area contributed by atoms with E-state index in [1.807, 2.05) is 19.1 Å². The Balaban J connectivity index is 2.23. The molecule has 1 heterocycles. The van der Waals surface area contributed by atoms with Crippen molar-refractivity contribution in [1.29, 1.82) is 0 Å². The van der Waals surface area contributed by atoms with Gasteiger partial charge in [-0.15, -0.1) is 11.3 Å². The lowest BCUT2D eigenvalue weighted by Crippen LogP contribution is -2.30. The fourth-order valence-electron chi connectivity index (χ4n) is 1.85. The zero-order valence-electron chi connectivity index (χ0n) is 10.9. The van der Waals surface area contributed by atoms with Crippen LogP contribution < -0.4 is 5.73 Å². The van der Waals surface area contributed by atoms with E-state index in [0.29, 0.717) is 13.1 Å². The predicted octanol–water partition coefficient (Wildman–Crippen LogP) is 3.89. The van der Waals surface area contributed by atoms with Gasteiger partial charge in [0, 0.05) is 11.4 Å². The van der Waals surface area contributed by atoms with Crippen molar-refractivity contribution in [3.63, 3.8) is 0 Å². The number of carbonyl (C=O) groups excluding carboxylic acids is 1. The van der Waals surface area contributed by atoms with E-state index in [1.54, 1.807) is 22.3 Å². The summed E-state index contributed by atoms with van der Waals surface area (Å²) in [5, 5.41) is 0. The second kappa shape index (κ2) is 6.37. The molecule has 0 saturated carbocycles. The molecule has 2 aromatic rings. The largest absolute Gasteiger partial charge is 0.396 e. The number of anilines is 1. The summed E-state index contributed by atoms with van der Waals surface area (Å²) in [7, 11) is 0. The van der Waals surface area contributed by atoms with Crippen LogP contribution in [0.2, 0.25) is 0 Å². The van der Waals surface area contributed by atoms with Gasteiger partial charge in [0.25, 0.3) is 5.91 Å². The molecule has 106 valence electrons. The molecular weight excluding hydrogens is 343 g/mol. The second-order valence-electron chi connectivity index (χ2n) is 4.23. The van der Waals surface area contributed by atoms with Crippen LogP contribution in [0.4, 0.5) is 10.1 Å². The van der Waals surface area contributed by atoms with E-state index in [-0.39, 0.29) is 17.2 Å². The first kappa shape index (κ1) is 15.0. The van der Waals surface area contributed by atoms with Crippen molar-refractivity contribution in [2.24, 2.45) is 0 Å². The molecule has 0 saturated heterocycles. The Hall–Kier alpha value is -1.40. The van der Waals surface area contributed by atoms with Crippen molar-refractivity contribution in [1.82, 2.24) is 4.90 Å². The molecule has 0 spiro atoms. The van der Waals surface area contributed by atoms with E-state index < -0.39 is 5.82 Å². The van der Waals surface area contributed by atoms with Gasteiger partial charge in [-0.3, -0.25) is 4.79 Å². The maximum absolute atomic E-state index is 13.4. The average molecular weight is 357 g/mol. The predicted molar refractivity (Wildman–Crippen MR) is 83.2 cm³/mol. The van der Waals surface area contributed by atoms with Crippen LogP contribution in [-0.4, -0.2) is 17.4 Å². The third-order valence-corrected chi connectivity index (χ3v) is 4.54. The summed E-state index contributed by atoms with van der Waals surface area (Å²) < 4.78 is 14.5. The minimum absolute atomic E-state index is 0.0942. The summed E-state index contributed by atoms with van der Waals surface area (Å²) in [5.41, 5.74) is 5.76. The summed E-state index contributed by atoms with van der Waals surface area (Å²) in [4.78, 5) is 15.1. The van der Waals surface area contributed by atoms with Gasteiger partial charge in [-0.25, -0.2) is 4.39 Å². The van der Waals surface area contributed by atoms with Gasteiger partial charge >= 0.3 is 0 Å². The number of nitrogens with two attached hydrogens (primary N) is 1. The number of para-hydroxylation sites is 1. The van der Waals surface area contributed by atoms with E-state index in [4.69, 9.17) is 5.73 Å². The van der Waals surface area contributed by atoms with Gasteiger partial charge in [-0.05, 0) is 47.1 Å². The van der Waals surface area contributed by atoms with E-state index in [9.17, 15) is 9.18 Å². The van der Waals surface area contributed by atoms with Gasteiger partial charge in [0.1, 0.15) is 5.82 Å². The van der Waals surface area contributed by atoms with Crippen LogP contribution >= 0.6 is 27.3 Å². The highest BCUT2D eigenvalue weighted by Gasteiger charge is 2.19. The number of thiophene rings is 1. The highest BCUT2D eigenvalue weighted by atomic mass is 79.9. The van der Waals surface area contributed by atoms with E-state index in [2.05, 4.69) is 15.9 Å². The van der Waals surface area contributed by atoms with E-state index >= 15 is 0 Å². The molecule has 0 atom stereocenters. The van der Waals surface area contributed by atoms with Gasteiger partial charge in [0.2, 0.25) is 0 Å². The molecule has 6 heteroatoms. The number of hydrogen-bond acceptors (Lipinski definition) is 3. The summed E-state index contributed by atoms with van der Waals surface area (Å²) >= 11 is 4.96. The summed E-state index contributed by atoms with van der Waals surface area (Å²) in [6, 6.07) is 8.19. The molecule has 0 bridgehead atoms. The molecule has 1 amide bonds. The first-order chi connectivity index (χ1) is 9.52. The Morgan fingerprint density at radius 1 is 1.40 bits per heavy atom. The van der Waals surface area contributed by atoms with Crippen LogP contribution in [0.15, 0.2) is 34.1 Å². The molecule has 0 unspecified atom stereocenters. The van der Waals surface area contributed by atoms with Crippen LogP contribution in [-0.2, 0) is 6.54 Å². The maximum atomic E-state index is 13.4. The highest BCUT2D eigenvalue weighted by molar-refractivity contribution is 9.11. The lowest BCUT2D eigenvalue weighted by Gasteiger charge is -2.21. The molecule has 0 fully saturated rings. The Bertz CT molecular complexity index is 629. The lowest BCUT2D eigenvalue weighted by molar-refractivity contribution is 0.0755. The fraction of sp³-hybridized carbons (Fsp3) is 0.214. The third kappa shape index (κ3) is 3.19. The first-order valence-electron chi connectivity index (χ1n) is 6.10. The first-order valence-corrected chi connectivity index (χ1v) is 7.71. The molecule has 0 aliphatic carbocycles. The number of carbonyl (C=O) groups is 1. The quantitative estimate of drug-likeness (QED) is 0.844. The maximum Gasteiger partial charge on any atom is 0.256 e. The molecular formula is C14H14BrFN2OS. The fourth-order valence-corrected chi connectivity index (χ4v) is 3.34. The van der Waals surface area contributed by atoms with Gasteiger partial charge in [-0.2, -0.15) is 0 Å². The van der Waals surface area contributed by atoms with Crippen LogP contribution in [0.1, 0.15) is 22.2 Å². The number of hydrogen-bond donors (Lipinski definition) is 1. The second-order valence-corrected chi connectivity index (χ2v) is 6.77. The number of benzene rings is 1. The molecule has 2 rings (SSSR count). The summed E-state index contributed by atoms with van der Waals surface area (Å²) in [6.07, 6.45) is 0. The zero-order valence-corrected chi connectivity index (χ0v) is 13.3. The van der Waals surface area contributed by atoms with Crippen molar-refractivity contribution in [3.8, 4) is 0 Å². The Morgan fingerprint density at radius 2 is 2.15 bits per heavy atom. The van der Waals surface area contributed by atoms with Crippen LogP contribution in [0, 0.1) is 5.82 Å². The molecule has 20 heavy (non-hydrogen) atoms. The van der Waals surface area contributed by atoms with Crippen LogP contribution in [0.5, 0.6) is 0 Å². The standard InChI is InChI=1S/C14H14BrFN2OS/c1-2-18(8-9-6-7-12(15)20-9)14(19)10-4-3-5-11(16)13(10)17/h3-7H,2,8,17H2,1H3. The molecule has 0 aliphatic rings. The normalized spacial score (nSPS) is 10.6. The molecule has 0 radical (unpaired) electrons. The number of rotatable bonds is 4. The van der Waals surface area contributed by atoms with Crippen LogP contribution in [0.3, 0.4) is 0 Å². The SMILES string of the molecule is CCN(Cc1ccc(Br)s1)C(=O)c1cccc(F)c1N. The topological polar surface area (TPSA) is 46.3 Å². The van der Waals surface area contributed by atoms with Crippen molar-refractivity contribution < 1.29 is 9.18 Å². The van der Waals surface area contributed by atoms with Gasteiger partial charge in [0.05, 0.1) is 21.6 Å².